The maximum absolute atomic E-state index is 11.9. The van der Waals surface area contributed by atoms with Crippen LogP contribution in [0.3, 0.4) is 0 Å². The summed E-state index contributed by atoms with van der Waals surface area (Å²) in [5.41, 5.74) is 0. The number of hydrogen-bond donors (Lipinski definition) is 2. The van der Waals surface area contributed by atoms with Gasteiger partial charge < -0.3 is 10.6 Å². The monoisotopic (exact) mass is 292 g/mol. The van der Waals surface area contributed by atoms with Crippen molar-refractivity contribution in [1.29, 1.82) is 0 Å². The Morgan fingerprint density at radius 3 is 2.52 bits per heavy atom. The number of rotatable bonds is 6. The zero-order chi connectivity index (χ0) is 15.2. The molecule has 0 aromatic heterocycles. The maximum Gasteiger partial charge on any atom is 0.237 e. The Morgan fingerprint density at radius 1 is 1.29 bits per heavy atom. The van der Waals surface area contributed by atoms with Crippen LogP contribution in [0.25, 0.3) is 0 Å². The highest BCUT2D eigenvalue weighted by Crippen LogP contribution is 2.18. The summed E-state index contributed by atoms with van der Waals surface area (Å²) in [5, 5.41) is 5.71. The Kier molecular flexibility index (Phi) is 5.59. The molecule has 116 valence electrons. The Labute approximate surface area is 126 Å². The highest BCUT2D eigenvalue weighted by atomic mass is 16.2. The largest absolute Gasteiger partial charge is 0.352 e. The molecule has 0 aromatic rings. The lowest BCUT2D eigenvalue weighted by molar-refractivity contribution is -0.127. The van der Waals surface area contributed by atoms with Gasteiger partial charge in [0.05, 0.1) is 19.1 Å². The van der Waals surface area contributed by atoms with Gasteiger partial charge in [0.1, 0.15) is 0 Å². The van der Waals surface area contributed by atoms with Crippen molar-refractivity contribution in [3.63, 3.8) is 0 Å². The molecule has 0 radical (unpaired) electrons. The topological polar surface area (TPSA) is 64.7 Å². The van der Waals surface area contributed by atoms with E-state index in [0.29, 0.717) is 12.6 Å². The van der Waals surface area contributed by atoms with Crippen LogP contribution in [-0.4, -0.2) is 73.0 Å². The second kappa shape index (κ2) is 7.43. The summed E-state index contributed by atoms with van der Waals surface area (Å²) >= 11 is 0. The Hall–Kier alpha value is -1.58. The molecule has 0 spiro atoms. The predicted molar refractivity (Wildman–Crippen MR) is 80.5 cm³/mol. The number of amides is 2. The lowest BCUT2D eigenvalue weighted by Crippen LogP contribution is -2.55. The molecule has 1 heterocycles. The van der Waals surface area contributed by atoms with E-state index in [-0.39, 0.29) is 24.4 Å². The van der Waals surface area contributed by atoms with Crippen molar-refractivity contribution in [3.05, 3.63) is 0 Å². The minimum atomic E-state index is -0.180. The third kappa shape index (κ3) is 5.03. The second-order valence-corrected chi connectivity index (χ2v) is 5.75. The Bertz CT molecular complexity index is 420. The molecule has 1 aliphatic heterocycles. The standard InChI is InChI=1S/C15H24N4O2/c1-3-6-16-15(21)12(2)19-9-7-18(8-10-19)11-14(20)17-13-4-5-13/h1,12-13H,4-11H2,2H3,(H,16,21)(H,17,20). The summed E-state index contributed by atoms with van der Waals surface area (Å²) in [7, 11) is 0. The Morgan fingerprint density at radius 2 is 1.95 bits per heavy atom. The summed E-state index contributed by atoms with van der Waals surface area (Å²) in [6, 6.07) is 0.236. The SMILES string of the molecule is C#CCNC(=O)C(C)N1CCN(CC(=O)NC2CC2)CC1. The molecular formula is C15H24N4O2. The molecule has 2 amide bonds. The summed E-state index contributed by atoms with van der Waals surface area (Å²) < 4.78 is 0. The van der Waals surface area contributed by atoms with Crippen LogP contribution in [0.5, 0.6) is 0 Å². The summed E-state index contributed by atoms with van der Waals surface area (Å²) in [4.78, 5) is 27.9. The van der Waals surface area contributed by atoms with E-state index in [1.54, 1.807) is 0 Å². The van der Waals surface area contributed by atoms with Crippen LogP contribution in [-0.2, 0) is 9.59 Å². The molecule has 0 aromatic carbocycles. The molecule has 1 unspecified atom stereocenters. The molecule has 2 aliphatic rings. The molecule has 1 saturated carbocycles. The third-order valence-corrected chi connectivity index (χ3v) is 4.01. The van der Waals surface area contributed by atoms with Crippen molar-refractivity contribution >= 4 is 11.8 Å². The molecule has 1 atom stereocenters. The van der Waals surface area contributed by atoms with Crippen LogP contribution >= 0.6 is 0 Å². The molecule has 6 nitrogen and oxygen atoms in total. The van der Waals surface area contributed by atoms with Crippen molar-refractivity contribution in [3.8, 4) is 12.3 Å². The predicted octanol–water partition coefficient (Wildman–Crippen LogP) is -0.979. The van der Waals surface area contributed by atoms with E-state index in [9.17, 15) is 9.59 Å². The van der Waals surface area contributed by atoms with E-state index in [2.05, 4.69) is 26.4 Å². The van der Waals surface area contributed by atoms with Gasteiger partial charge in [-0.15, -0.1) is 6.42 Å². The lowest BCUT2D eigenvalue weighted by atomic mass is 10.2. The van der Waals surface area contributed by atoms with Crippen LogP contribution in [0.4, 0.5) is 0 Å². The second-order valence-electron chi connectivity index (χ2n) is 5.75. The van der Waals surface area contributed by atoms with Crippen LogP contribution in [0.15, 0.2) is 0 Å². The van der Waals surface area contributed by atoms with E-state index < -0.39 is 0 Å². The quantitative estimate of drug-likeness (QED) is 0.618. The molecule has 2 rings (SSSR count). The van der Waals surface area contributed by atoms with Crippen molar-refractivity contribution in [2.75, 3.05) is 39.3 Å². The van der Waals surface area contributed by atoms with Crippen molar-refractivity contribution in [1.82, 2.24) is 20.4 Å². The van der Waals surface area contributed by atoms with Gasteiger partial charge in [-0.1, -0.05) is 5.92 Å². The molecule has 6 heteroatoms. The smallest absolute Gasteiger partial charge is 0.237 e. The van der Waals surface area contributed by atoms with E-state index in [1.807, 2.05) is 6.92 Å². The number of nitrogens with zero attached hydrogens (tertiary/aromatic N) is 2. The number of piperazine rings is 1. The maximum atomic E-state index is 11.9. The normalized spacial score (nSPS) is 21.3. The average molecular weight is 292 g/mol. The van der Waals surface area contributed by atoms with E-state index >= 15 is 0 Å². The van der Waals surface area contributed by atoms with Gasteiger partial charge >= 0.3 is 0 Å². The van der Waals surface area contributed by atoms with E-state index in [4.69, 9.17) is 6.42 Å². The van der Waals surface area contributed by atoms with Crippen molar-refractivity contribution in [2.24, 2.45) is 0 Å². The van der Waals surface area contributed by atoms with E-state index in [0.717, 1.165) is 39.0 Å². The highest BCUT2D eigenvalue weighted by Gasteiger charge is 2.27. The van der Waals surface area contributed by atoms with Crippen LogP contribution in [0.2, 0.25) is 0 Å². The molecule has 2 N–H and O–H groups in total. The molecule has 21 heavy (non-hydrogen) atoms. The first-order valence-corrected chi connectivity index (χ1v) is 7.57. The Balaban J connectivity index is 1.68. The number of nitrogens with one attached hydrogen (secondary N) is 2. The van der Waals surface area contributed by atoms with Gasteiger partial charge in [-0.3, -0.25) is 19.4 Å². The van der Waals surface area contributed by atoms with Crippen LogP contribution in [0, 0.1) is 12.3 Å². The minimum Gasteiger partial charge on any atom is -0.352 e. The van der Waals surface area contributed by atoms with Gasteiger partial charge in [-0.05, 0) is 19.8 Å². The van der Waals surface area contributed by atoms with Crippen LogP contribution in [0.1, 0.15) is 19.8 Å². The van der Waals surface area contributed by atoms with Gasteiger partial charge in [-0.25, -0.2) is 0 Å². The zero-order valence-corrected chi connectivity index (χ0v) is 12.6. The third-order valence-electron chi connectivity index (χ3n) is 4.01. The van der Waals surface area contributed by atoms with E-state index in [1.165, 1.54) is 0 Å². The highest BCUT2D eigenvalue weighted by molar-refractivity contribution is 5.81. The summed E-state index contributed by atoms with van der Waals surface area (Å²) in [5.74, 6) is 2.48. The average Bonchev–Trinajstić information content (AvgIpc) is 3.28. The molecule has 1 saturated heterocycles. The van der Waals surface area contributed by atoms with Gasteiger partial charge in [0.2, 0.25) is 11.8 Å². The fourth-order valence-electron chi connectivity index (χ4n) is 2.46. The zero-order valence-electron chi connectivity index (χ0n) is 12.6. The number of carbonyl (C=O) groups excluding carboxylic acids is 2. The number of terminal acetylenes is 1. The van der Waals surface area contributed by atoms with Gasteiger partial charge in [0.25, 0.3) is 0 Å². The fourth-order valence-corrected chi connectivity index (χ4v) is 2.46. The molecule has 0 bridgehead atoms. The first-order valence-electron chi connectivity index (χ1n) is 7.57. The van der Waals surface area contributed by atoms with Gasteiger partial charge in [0, 0.05) is 32.2 Å². The minimum absolute atomic E-state index is 0.0344. The molecule has 1 aliphatic carbocycles. The number of hydrogen-bond acceptors (Lipinski definition) is 4. The summed E-state index contributed by atoms with van der Waals surface area (Å²) in [6.07, 6.45) is 7.37. The molecule has 2 fully saturated rings. The van der Waals surface area contributed by atoms with Crippen LogP contribution < -0.4 is 10.6 Å². The van der Waals surface area contributed by atoms with Gasteiger partial charge in [-0.2, -0.15) is 0 Å². The number of carbonyl (C=O) groups is 2. The van der Waals surface area contributed by atoms with Crippen molar-refractivity contribution < 1.29 is 9.59 Å². The first kappa shape index (κ1) is 15.8. The van der Waals surface area contributed by atoms with Crippen molar-refractivity contribution in [2.45, 2.75) is 31.8 Å². The van der Waals surface area contributed by atoms with Gasteiger partial charge in [0.15, 0.2) is 0 Å². The lowest BCUT2D eigenvalue weighted by Gasteiger charge is -2.37. The molecular weight excluding hydrogens is 268 g/mol. The first-order chi connectivity index (χ1) is 10.1. The fraction of sp³-hybridized carbons (Fsp3) is 0.733. The summed E-state index contributed by atoms with van der Waals surface area (Å²) in [6.45, 7) is 5.83.